The SMILES string of the molecule is O=C(O)C1CCCCN1C(=O)CCc1cc(Cl)cs1. The molecule has 1 N–H and O–H groups in total. The molecule has 6 heteroatoms. The van der Waals surface area contributed by atoms with Crippen molar-refractivity contribution >= 4 is 34.8 Å². The van der Waals surface area contributed by atoms with Gasteiger partial charge in [-0.15, -0.1) is 11.3 Å². The number of thiophene rings is 1. The van der Waals surface area contributed by atoms with E-state index in [-0.39, 0.29) is 5.91 Å². The van der Waals surface area contributed by atoms with Crippen LogP contribution in [0.1, 0.15) is 30.6 Å². The zero-order valence-electron chi connectivity index (χ0n) is 10.5. The fourth-order valence-corrected chi connectivity index (χ4v) is 3.42. The van der Waals surface area contributed by atoms with Crippen molar-refractivity contribution in [3.05, 3.63) is 21.3 Å². The third-order valence-corrected chi connectivity index (χ3v) is 4.66. The Balaban J connectivity index is 1.92. The van der Waals surface area contributed by atoms with Crippen molar-refractivity contribution in [2.75, 3.05) is 6.54 Å². The van der Waals surface area contributed by atoms with E-state index in [9.17, 15) is 9.59 Å². The number of carboxylic acid groups (broad SMARTS) is 1. The summed E-state index contributed by atoms with van der Waals surface area (Å²) in [4.78, 5) is 25.8. The Morgan fingerprint density at radius 3 is 2.89 bits per heavy atom. The highest BCUT2D eigenvalue weighted by atomic mass is 35.5. The van der Waals surface area contributed by atoms with Gasteiger partial charge in [0.1, 0.15) is 6.04 Å². The van der Waals surface area contributed by atoms with Gasteiger partial charge in [0.2, 0.25) is 5.91 Å². The van der Waals surface area contributed by atoms with E-state index in [2.05, 4.69) is 0 Å². The smallest absolute Gasteiger partial charge is 0.326 e. The van der Waals surface area contributed by atoms with Gasteiger partial charge in [0, 0.05) is 23.2 Å². The maximum Gasteiger partial charge on any atom is 0.326 e. The molecule has 2 rings (SSSR count). The molecule has 1 aromatic rings. The van der Waals surface area contributed by atoms with Crippen molar-refractivity contribution < 1.29 is 14.7 Å². The molecule has 1 saturated heterocycles. The Labute approximate surface area is 121 Å². The molecule has 1 atom stereocenters. The number of carbonyl (C=O) groups excluding carboxylic acids is 1. The molecule has 0 saturated carbocycles. The van der Waals surface area contributed by atoms with Gasteiger partial charge in [-0.2, -0.15) is 0 Å². The molecule has 1 fully saturated rings. The molecule has 0 aliphatic carbocycles. The maximum absolute atomic E-state index is 12.1. The number of amides is 1. The van der Waals surface area contributed by atoms with Gasteiger partial charge in [-0.05, 0) is 31.7 Å². The van der Waals surface area contributed by atoms with E-state index in [0.29, 0.717) is 30.8 Å². The third kappa shape index (κ3) is 3.70. The average Bonchev–Trinajstić information content (AvgIpc) is 2.81. The van der Waals surface area contributed by atoms with Gasteiger partial charge in [-0.3, -0.25) is 4.79 Å². The molecule has 0 spiro atoms. The van der Waals surface area contributed by atoms with Gasteiger partial charge in [-0.25, -0.2) is 4.79 Å². The summed E-state index contributed by atoms with van der Waals surface area (Å²) in [7, 11) is 0. The molecule has 1 aliphatic heterocycles. The molecule has 0 bridgehead atoms. The van der Waals surface area contributed by atoms with Crippen LogP contribution < -0.4 is 0 Å². The second-order valence-corrected chi connectivity index (χ2v) is 6.10. The lowest BCUT2D eigenvalue weighted by molar-refractivity contribution is -0.152. The number of hydrogen-bond acceptors (Lipinski definition) is 3. The summed E-state index contributed by atoms with van der Waals surface area (Å²) >= 11 is 7.35. The van der Waals surface area contributed by atoms with Gasteiger partial charge in [0.25, 0.3) is 0 Å². The molecule has 1 amide bonds. The summed E-state index contributed by atoms with van der Waals surface area (Å²) in [6.45, 7) is 0.557. The minimum absolute atomic E-state index is 0.0726. The van der Waals surface area contributed by atoms with Gasteiger partial charge in [0.15, 0.2) is 0 Å². The topological polar surface area (TPSA) is 57.6 Å². The first-order valence-electron chi connectivity index (χ1n) is 6.33. The van der Waals surface area contributed by atoms with E-state index >= 15 is 0 Å². The van der Waals surface area contributed by atoms with Crippen molar-refractivity contribution in [2.45, 2.75) is 38.1 Å². The van der Waals surface area contributed by atoms with Crippen molar-refractivity contribution in [3.63, 3.8) is 0 Å². The summed E-state index contributed by atoms with van der Waals surface area (Å²) in [6, 6.07) is 1.21. The molecule has 104 valence electrons. The van der Waals surface area contributed by atoms with Gasteiger partial charge in [0.05, 0.1) is 5.02 Å². The molecular formula is C13H16ClNO3S. The predicted molar refractivity (Wildman–Crippen MR) is 74.6 cm³/mol. The van der Waals surface area contributed by atoms with Crippen molar-refractivity contribution in [2.24, 2.45) is 0 Å². The molecular weight excluding hydrogens is 286 g/mol. The second-order valence-electron chi connectivity index (χ2n) is 4.67. The number of hydrogen-bond donors (Lipinski definition) is 1. The Morgan fingerprint density at radius 1 is 1.47 bits per heavy atom. The summed E-state index contributed by atoms with van der Waals surface area (Å²) < 4.78 is 0. The highest BCUT2D eigenvalue weighted by molar-refractivity contribution is 7.10. The predicted octanol–water partition coefficient (Wildman–Crippen LogP) is 2.80. The van der Waals surface area contributed by atoms with Crippen LogP contribution in [0.3, 0.4) is 0 Å². The number of nitrogens with zero attached hydrogens (tertiary/aromatic N) is 1. The van der Waals surface area contributed by atoms with Gasteiger partial charge >= 0.3 is 5.97 Å². The van der Waals surface area contributed by atoms with Crippen LogP contribution in [0.4, 0.5) is 0 Å². The molecule has 0 radical (unpaired) electrons. The number of carbonyl (C=O) groups is 2. The molecule has 19 heavy (non-hydrogen) atoms. The number of rotatable bonds is 4. The average molecular weight is 302 g/mol. The van der Waals surface area contributed by atoms with Crippen LogP contribution in [0.5, 0.6) is 0 Å². The minimum Gasteiger partial charge on any atom is -0.480 e. The number of likely N-dealkylation sites (tertiary alicyclic amines) is 1. The van der Waals surface area contributed by atoms with E-state index in [1.165, 1.54) is 16.2 Å². The van der Waals surface area contributed by atoms with Crippen LogP contribution in [0.15, 0.2) is 11.4 Å². The van der Waals surface area contributed by atoms with E-state index in [0.717, 1.165) is 17.7 Å². The van der Waals surface area contributed by atoms with Crippen LogP contribution in [0, 0.1) is 0 Å². The van der Waals surface area contributed by atoms with Crippen LogP contribution in [-0.4, -0.2) is 34.5 Å². The molecule has 1 unspecified atom stereocenters. The Morgan fingerprint density at radius 2 is 2.26 bits per heavy atom. The number of aryl methyl sites for hydroxylation is 1. The largest absolute Gasteiger partial charge is 0.480 e. The standard InChI is InChI=1S/C13H16ClNO3S/c14-9-7-10(19-8-9)4-5-12(16)15-6-2-1-3-11(15)13(17)18/h7-8,11H,1-6H2,(H,17,18). The lowest BCUT2D eigenvalue weighted by atomic mass is 10.0. The highest BCUT2D eigenvalue weighted by Crippen LogP contribution is 2.22. The first-order valence-corrected chi connectivity index (χ1v) is 7.59. The Hall–Kier alpha value is -1.07. The summed E-state index contributed by atoms with van der Waals surface area (Å²) in [6.07, 6.45) is 3.30. The third-order valence-electron chi connectivity index (χ3n) is 3.32. The Kier molecular flexibility index (Phi) is 4.82. The van der Waals surface area contributed by atoms with Crippen LogP contribution in [0.25, 0.3) is 0 Å². The zero-order chi connectivity index (χ0) is 13.8. The lowest BCUT2D eigenvalue weighted by Crippen LogP contribution is -2.48. The van der Waals surface area contributed by atoms with Crippen molar-refractivity contribution in [1.82, 2.24) is 4.90 Å². The fourth-order valence-electron chi connectivity index (χ4n) is 2.35. The van der Waals surface area contributed by atoms with E-state index < -0.39 is 12.0 Å². The number of piperidine rings is 1. The first-order chi connectivity index (χ1) is 9.08. The summed E-state index contributed by atoms with van der Waals surface area (Å²) in [5.74, 6) is -0.969. The highest BCUT2D eigenvalue weighted by Gasteiger charge is 2.31. The molecule has 1 aliphatic rings. The van der Waals surface area contributed by atoms with Crippen LogP contribution in [-0.2, 0) is 16.0 Å². The molecule has 4 nitrogen and oxygen atoms in total. The second kappa shape index (κ2) is 6.39. The van der Waals surface area contributed by atoms with Crippen LogP contribution in [0.2, 0.25) is 5.02 Å². The number of halogens is 1. The maximum atomic E-state index is 12.1. The first kappa shape index (κ1) is 14.3. The lowest BCUT2D eigenvalue weighted by Gasteiger charge is -2.33. The van der Waals surface area contributed by atoms with E-state index in [1.54, 1.807) is 0 Å². The van der Waals surface area contributed by atoms with Gasteiger partial charge < -0.3 is 10.0 Å². The monoisotopic (exact) mass is 301 g/mol. The number of aliphatic carboxylic acids is 1. The van der Waals surface area contributed by atoms with Gasteiger partial charge in [-0.1, -0.05) is 11.6 Å². The molecule has 2 heterocycles. The molecule has 0 aromatic carbocycles. The molecule has 1 aromatic heterocycles. The van der Waals surface area contributed by atoms with E-state index in [4.69, 9.17) is 16.7 Å². The summed E-state index contributed by atoms with van der Waals surface area (Å²) in [5.41, 5.74) is 0. The minimum atomic E-state index is -0.896. The fraction of sp³-hybridized carbons (Fsp3) is 0.538. The van der Waals surface area contributed by atoms with Crippen molar-refractivity contribution in [1.29, 1.82) is 0 Å². The summed E-state index contributed by atoms with van der Waals surface area (Å²) in [5, 5.41) is 11.7. The van der Waals surface area contributed by atoms with E-state index in [1.807, 2.05) is 11.4 Å². The normalized spacial score (nSPS) is 19.4. The van der Waals surface area contributed by atoms with Crippen molar-refractivity contribution in [3.8, 4) is 0 Å². The Bertz CT molecular complexity index is 474. The quantitative estimate of drug-likeness (QED) is 0.930. The number of carboxylic acids is 1. The van der Waals surface area contributed by atoms with Crippen LogP contribution >= 0.6 is 22.9 Å². The zero-order valence-corrected chi connectivity index (χ0v) is 12.0.